The number of aromatic nitrogens is 4. The van der Waals surface area contributed by atoms with E-state index in [4.69, 9.17) is 0 Å². The van der Waals surface area contributed by atoms with Crippen molar-refractivity contribution in [3.8, 4) is 11.3 Å². The number of rotatable bonds is 6. The SMILES string of the molecule is CC(O)(CCNc1nn2cc(-c3cccnc3)nc2s1)c1ccccc1. The molecule has 1 unspecified atom stereocenters. The molecule has 4 rings (SSSR count). The Morgan fingerprint density at radius 1 is 1.19 bits per heavy atom. The molecule has 2 N–H and O–H groups in total. The molecule has 0 fully saturated rings. The van der Waals surface area contributed by atoms with Gasteiger partial charge in [-0.25, -0.2) is 9.50 Å². The summed E-state index contributed by atoms with van der Waals surface area (Å²) in [6.07, 6.45) is 6.01. The van der Waals surface area contributed by atoms with E-state index in [-0.39, 0.29) is 0 Å². The molecule has 26 heavy (non-hydrogen) atoms. The van der Waals surface area contributed by atoms with Crippen LogP contribution in [-0.2, 0) is 5.60 Å². The molecule has 6 nitrogen and oxygen atoms in total. The van der Waals surface area contributed by atoms with Crippen LogP contribution in [0, 0.1) is 0 Å². The summed E-state index contributed by atoms with van der Waals surface area (Å²) in [5.74, 6) is 0. The maximum atomic E-state index is 10.6. The van der Waals surface area contributed by atoms with E-state index >= 15 is 0 Å². The molecule has 0 amide bonds. The molecule has 0 radical (unpaired) electrons. The van der Waals surface area contributed by atoms with Gasteiger partial charge in [0.05, 0.1) is 17.5 Å². The van der Waals surface area contributed by atoms with Gasteiger partial charge in [0.15, 0.2) is 0 Å². The van der Waals surface area contributed by atoms with Gasteiger partial charge in [0, 0.05) is 24.5 Å². The first kappa shape index (κ1) is 16.7. The summed E-state index contributed by atoms with van der Waals surface area (Å²) in [5, 5.41) is 19.2. The Morgan fingerprint density at radius 3 is 2.77 bits per heavy atom. The number of benzene rings is 1. The zero-order chi connectivity index (χ0) is 18.0. The summed E-state index contributed by atoms with van der Waals surface area (Å²) in [5.41, 5.74) is 1.87. The Bertz CT molecular complexity index is 963. The summed E-state index contributed by atoms with van der Waals surface area (Å²) in [6.45, 7) is 2.45. The highest BCUT2D eigenvalue weighted by molar-refractivity contribution is 7.20. The first-order valence-electron chi connectivity index (χ1n) is 8.40. The third-order valence-corrected chi connectivity index (χ3v) is 5.16. The van der Waals surface area contributed by atoms with Crippen molar-refractivity contribution in [2.75, 3.05) is 11.9 Å². The highest BCUT2D eigenvalue weighted by Gasteiger charge is 2.22. The van der Waals surface area contributed by atoms with Gasteiger partial charge in [-0.1, -0.05) is 41.7 Å². The molecule has 4 aromatic rings. The van der Waals surface area contributed by atoms with E-state index in [1.165, 1.54) is 11.3 Å². The quantitative estimate of drug-likeness (QED) is 0.546. The number of anilines is 1. The molecule has 1 aromatic carbocycles. The van der Waals surface area contributed by atoms with E-state index in [1.807, 2.05) is 55.6 Å². The molecule has 3 heterocycles. The smallest absolute Gasteiger partial charge is 0.214 e. The molecule has 0 aliphatic heterocycles. The third kappa shape index (κ3) is 3.44. The van der Waals surface area contributed by atoms with E-state index in [2.05, 4.69) is 20.4 Å². The molecular formula is C19H19N5OS. The lowest BCUT2D eigenvalue weighted by molar-refractivity contribution is 0.0515. The van der Waals surface area contributed by atoms with E-state index in [1.54, 1.807) is 16.9 Å². The minimum Gasteiger partial charge on any atom is -0.385 e. The maximum absolute atomic E-state index is 10.6. The van der Waals surface area contributed by atoms with E-state index in [0.29, 0.717) is 13.0 Å². The first-order valence-corrected chi connectivity index (χ1v) is 9.22. The Labute approximate surface area is 155 Å². The second-order valence-corrected chi connectivity index (χ2v) is 7.27. The Hall–Kier alpha value is -2.77. The number of nitrogens with one attached hydrogen (secondary N) is 1. The van der Waals surface area contributed by atoms with Crippen LogP contribution in [0.25, 0.3) is 16.2 Å². The number of nitrogens with zero attached hydrogens (tertiary/aromatic N) is 4. The average Bonchev–Trinajstić information content (AvgIpc) is 3.22. The summed E-state index contributed by atoms with van der Waals surface area (Å²) >= 11 is 1.49. The van der Waals surface area contributed by atoms with Crippen LogP contribution in [-0.4, -0.2) is 31.2 Å². The second kappa shape index (κ2) is 6.86. The predicted octanol–water partition coefficient (Wildman–Crippen LogP) is 3.56. The van der Waals surface area contributed by atoms with Crippen molar-refractivity contribution in [2.45, 2.75) is 18.9 Å². The van der Waals surface area contributed by atoms with Crippen LogP contribution in [0.15, 0.2) is 61.1 Å². The summed E-state index contributed by atoms with van der Waals surface area (Å²) < 4.78 is 1.77. The van der Waals surface area contributed by atoms with Gasteiger partial charge in [0.25, 0.3) is 0 Å². The number of hydrogen-bond donors (Lipinski definition) is 2. The summed E-state index contributed by atoms with van der Waals surface area (Å²) in [7, 11) is 0. The number of imidazole rings is 1. The van der Waals surface area contributed by atoms with Crippen molar-refractivity contribution in [1.82, 2.24) is 19.6 Å². The number of aliphatic hydroxyl groups is 1. The Morgan fingerprint density at radius 2 is 2.04 bits per heavy atom. The predicted molar refractivity (Wildman–Crippen MR) is 103 cm³/mol. The van der Waals surface area contributed by atoms with Crippen molar-refractivity contribution >= 4 is 21.4 Å². The molecule has 7 heteroatoms. The highest BCUT2D eigenvalue weighted by Crippen LogP contribution is 2.26. The number of fused-ring (bicyclic) bond motifs is 1. The van der Waals surface area contributed by atoms with Gasteiger partial charge in [0.1, 0.15) is 0 Å². The van der Waals surface area contributed by atoms with Gasteiger partial charge in [-0.2, -0.15) is 0 Å². The minimum absolute atomic E-state index is 0.583. The van der Waals surface area contributed by atoms with Crippen molar-refractivity contribution in [3.63, 3.8) is 0 Å². The van der Waals surface area contributed by atoms with Crippen LogP contribution in [0.2, 0.25) is 0 Å². The number of pyridine rings is 1. The molecule has 0 bridgehead atoms. The minimum atomic E-state index is -0.876. The molecule has 0 aliphatic rings. The zero-order valence-corrected chi connectivity index (χ0v) is 15.1. The third-order valence-electron chi connectivity index (χ3n) is 4.28. The van der Waals surface area contributed by atoms with Crippen molar-refractivity contribution in [1.29, 1.82) is 0 Å². The van der Waals surface area contributed by atoms with Crippen molar-refractivity contribution in [3.05, 3.63) is 66.6 Å². The lowest BCUT2D eigenvalue weighted by Gasteiger charge is -2.23. The molecule has 0 saturated carbocycles. The van der Waals surface area contributed by atoms with Crippen LogP contribution in [0.5, 0.6) is 0 Å². The van der Waals surface area contributed by atoms with Crippen molar-refractivity contribution in [2.24, 2.45) is 0 Å². The van der Waals surface area contributed by atoms with Crippen LogP contribution in [0.1, 0.15) is 18.9 Å². The van der Waals surface area contributed by atoms with E-state index in [0.717, 1.165) is 26.9 Å². The largest absolute Gasteiger partial charge is 0.385 e. The highest BCUT2D eigenvalue weighted by atomic mass is 32.1. The van der Waals surface area contributed by atoms with Gasteiger partial charge >= 0.3 is 0 Å². The topological polar surface area (TPSA) is 75.3 Å². The number of hydrogen-bond acceptors (Lipinski definition) is 6. The van der Waals surface area contributed by atoms with Gasteiger partial charge in [-0.15, -0.1) is 5.10 Å². The summed E-state index contributed by atoms with van der Waals surface area (Å²) in [6, 6.07) is 13.6. The molecule has 3 aromatic heterocycles. The normalized spacial score (nSPS) is 13.6. The Balaban J connectivity index is 1.41. The van der Waals surface area contributed by atoms with Gasteiger partial charge in [-0.3, -0.25) is 4.98 Å². The van der Waals surface area contributed by atoms with Gasteiger partial charge in [0.2, 0.25) is 10.1 Å². The lowest BCUT2D eigenvalue weighted by atomic mass is 9.93. The first-order chi connectivity index (χ1) is 12.6. The monoisotopic (exact) mass is 365 g/mol. The molecule has 132 valence electrons. The Kier molecular flexibility index (Phi) is 4.40. The molecular weight excluding hydrogens is 346 g/mol. The molecule has 0 aliphatic carbocycles. The van der Waals surface area contributed by atoms with Crippen LogP contribution < -0.4 is 5.32 Å². The van der Waals surface area contributed by atoms with Crippen LogP contribution >= 0.6 is 11.3 Å². The molecule has 1 atom stereocenters. The lowest BCUT2D eigenvalue weighted by Crippen LogP contribution is -2.24. The standard InChI is InChI=1S/C19H19N5OS/c1-19(25,15-7-3-2-4-8-15)9-11-21-17-23-24-13-16(22-18(24)26-17)14-6-5-10-20-12-14/h2-8,10,12-13,25H,9,11H2,1H3,(H,21,23). The van der Waals surface area contributed by atoms with Gasteiger partial charge in [-0.05, 0) is 31.0 Å². The van der Waals surface area contributed by atoms with Crippen LogP contribution in [0.4, 0.5) is 5.13 Å². The second-order valence-electron chi connectivity index (χ2n) is 6.32. The average molecular weight is 365 g/mol. The van der Waals surface area contributed by atoms with Crippen LogP contribution in [0.3, 0.4) is 0 Å². The van der Waals surface area contributed by atoms with Crippen molar-refractivity contribution < 1.29 is 5.11 Å². The van der Waals surface area contributed by atoms with Gasteiger partial charge < -0.3 is 10.4 Å². The maximum Gasteiger partial charge on any atom is 0.214 e. The fraction of sp³-hybridized carbons (Fsp3) is 0.211. The summed E-state index contributed by atoms with van der Waals surface area (Å²) in [4.78, 5) is 9.54. The fourth-order valence-electron chi connectivity index (χ4n) is 2.78. The van der Waals surface area contributed by atoms with E-state index < -0.39 is 5.60 Å². The molecule has 0 spiro atoms. The molecule has 0 saturated heterocycles. The zero-order valence-electron chi connectivity index (χ0n) is 14.3. The fourth-order valence-corrected chi connectivity index (χ4v) is 3.59. The van der Waals surface area contributed by atoms with E-state index in [9.17, 15) is 5.11 Å².